The fourth-order valence-electron chi connectivity index (χ4n) is 2.27. The van der Waals surface area contributed by atoms with Crippen LogP contribution >= 0.6 is 11.3 Å². The zero-order valence-corrected chi connectivity index (χ0v) is 10.9. The lowest BCUT2D eigenvalue weighted by Crippen LogP contribution is -2.32. The Morgan fingerprint density at radius 3 is 2.16 bits per heavy atom. The van der Waals surface area contributed by atoms with Crippen molar-refractivity contribution >= 4 is 23.2 Å². The fraction of sp³-hybridized carbons (Fsp3) is 0.0667. The van der Waals surface area contributed by atoms with E-state index in [1.807, 2.05) is 17.5 Å². The predicted molar refractivity (Wildman–Crippen MR) is 74.2 cm³/mol. The van der Waals surface area contributed by atoms with Crippen molar-refractivity contribution in [2.45, 2.75) is 6.04 Å². The van der Waals surface area contributed by atoms with Gasteiger partial charge in [0.1, 0.15) is 0 Å². The topological polar surface area (TPSA) is 37.4 Å². The third kappa shape index (κ3) is 1.72. The molecule has 19 heavy (non-hydrogen) atoms. The van der Waals surface area contributed by atoms with E-state index in [9.17, 15) is 9.59 Å². The first-order valence-electron chi connectivity index (χ1n) is 5.87. The minimum Gasteiger partial charge on any atom is -0.269 e. The number of carbonyl (C=O) groups excluding carboxylic acids is 2. The van der Waals surface area contributed by atoms with Crippen LogP contribution in [0, 0.1) is 0 Å². The van der Waals surface area contributed by atoms with Crippen molar-refractivity contribution in [3.8, 4) is 0 Å². The van der Waals surface area contributed by atoms with Gasteiger partial charge in [-0.05, 0) is 23.6 Å². The van der Waals surface area contributed by atoms with Gasteiger partial charge < -0.3 is 0 Å². The van der Waals surface area contributed by atoms with Crippen LogP contribution in [0.2, 0.25) is 0 Å². The molecule has 0 aliphatic carbocycles. The highest BCUT2D eigenvalue weighted by molar-refractivity contribution is 7.10. The van der Waals surface area contributed by atoms with Gasteiger partial charge in [-0.3, -0.25) is 14.5 Å². The normalized spacial score (nSPS) is 15.5. The molecule has 2 heterocycles. The number of imide groups is 1. The van der Waals surface area contributed by atoms with Crippen LogP contribution in [0.25, 0.3) is 0 Å². The zero-order valence-electron chi connectivity index (χ0n) is 10.1. The first-order chi connectivity index (χ1) is 9.24. The van der Waals surface area contributed by atoms with Gasteiger partial charge in [0.2, 0.25) is 0 Å². The molecule has 0 spiro atoms. The Hall–Kier alpha value is -2.20. The van der Waals surface area contributed by atoms with Gasteiger partial charge in [-0.2, -0.15) is 0 Å². The summed E-state index contributed by atoms with van der Waals surface area (Å²) in [5.74, 6) is -0.502. The summed E-state index contributed by atoms with van der Waals surface area (Å²) in [5.41, 5.74) is 0.937. The van der Waals surface area contributed by atoms with E-state index in [2.05, 4.69) is 6.58 Å². The predicted octanol–water partition coefficient (Wildman–Crippen LogP) is 3.27. The van der Waals surface area contributed by atoms with Crippen molar-refractivity contribution in [2.24, 2.45) is 0 Å². The molecule has 1 aliphatic heterocycles. The van der Waals surface area contributed by atoms with E-state index >= 15 is 0 Å². The number of carbonyl (C=O) groups is 2. The van der Waals surface area contributed by atoms with Crippen LogP contribution in [-0.4, -0.2) is 16.7 Å². The van der Waals surface area contributed by atoms with Crippen LogP contribution in [-0.2, 0) is 0 Å². The minimum absolute atomic E-state index is 0.251. The van der Waals surface area contributed by atoms with E-state index in [0.717, 1.165) is 4.88 Å². The first kappa shape index (κ1) is 11.9. The minimum atomic E-state index is -0.396. The van der Waals surface area contributed by atoms with E-state index in [-0.39, 0.29) is 11.8 Å². The number of hydrogen-bond acceptors (Lipinski definition) is 3. The molecule has 4 heteroatoms. The molecule has 1 aromatic heterocycles. The quantitative estimate of drug-likeness (QED) is 0.633. The second-order valence-electron chi connectivity index (χ2n) is 4.22. The Kier molecular flexibility index (Phi) is 2.80. The van der Waals surface area contributed by atoms with E-state index in [1.54, 1.807) is 30.3 Å². The molecule has 1 atom stereocenters. The molecule has 2 aromatic rings. The van der Waals surface area contributed by atoms with Crippen LogP contribution < -0.4 is 0 Å². The second-order valence-corrected chi connectivity index (χ2v) is 5.20. The summed E-state index contributed by atoms with van der Waals surface area (Å²) in [6, 6.07) is 10.3. The largest absolute Gasteiger partial charge is 0.269 e. The summed E-state index contributed by atoms with van der Waals surface area (Å²) in [7, 11) is 0. The Morgan fingerprint density at radius 1 is 1.05 bits per heavy atom. The maximum atomic E-state index is 12.4. The summed E-state index contributed by atoms with van der Waals surface area (Å²) in [5, 5.41) is 1.92. The van der Waals surface area contributed by atoms with Crippen LogP contribution in [0.5, 0.6) is 0 Å². The summed E-state index contributed by atoms with van der Waals surface area (Å²) in [4.78, 5) is 26.9. The van der Waals surface area contributed by atoms with Crippen LogP contribution in [0.3, 0.4) is 0 Å². The van der Waals surface area contributed by atoms with Crippen LogP contribution in [0.15, 0.2) is 54.4 Å². The highest BCUT2D eigenvalue weighted by Crippen LogP contribution is 2.33. The SMILES string of the molecule is C=CC(c1cccs1)N1C(=O)c2ccccc2C1=O. The highest BCUT2D eigenvalue weighted by atomic mass is 32.1. The van der Waals surface area contributed by atoms with E-state index in [1.165, 1.54) is 16.2 Å². The van der Waals surface area contributed by atoms with Gasteiger partial charge in [-0.25, -0.2) is 0 Å². The highest BCUT2D eigenvalue weighted by Gasteiger charge is 2.39. The van der Waals surface area contributed by atoms with Gasteiger partial charge in [-0.1, -0.05) is 24.3 Å². The third-order valence-corrected chi connectivity index (χ3v) is 4.10. The fourth-order valence-corrected chi connectivity index (χ4v) is 3.08. The van der Waals surface area contributed by atoms with E-state index in [0.29, 0.717) is 11.1 Å². The van der Waals surface area contributed by atoms with Crippen molar-refractivity contribution < 1.29 is 9.59 Å². The standard InChI is InChI=1S/C15H11NO2S/c1-2-12(13-8-5-9-19-13)16-14(17)10-6-3-4-7-11(10)15(16)18/h2-9,12H,1H2. The van der Waals surface area contributed by atoms with Crippen molar-refractivity contribution in [3.05, 3.63) is 70.4 Å². The number of amides is 2. The van der Waals surface area contributed by atoms with E-state index < -0.39 is 6.04 Å². The number of rotatable bonds is 3. The average Bonchev–Trinajstić information content (AvgIpc) is 3.04. The van der Waals surface area contributed by atoms with Crippen molar-refractivity contribution in [2.75, 3.05) is 0 Å². The van der Waals surface area contributed by atoms with Crippen LogP contribution in [0.4, 0.5) is 0 Å². The zero-order chi connectivity index (χ0) is 13.4. The maximum Gasteiger partial charge on any atom is 0.262 e. The molecule has 2 amide bonds. The molecule has 0 saturated heterocycles. The summed E-state index contributed by atoms with van der Waals surface area (Å²) in [6.07, 6.45) is 1.63. The Labute approximate surface area is 114 Å². The summed E-state index contributed by atoms with van der Waals surface area (Å²) >= 11 is 1.51. The Bertz CT molecular complexity index is 626. The molecule has 0 fully saturated rings. The number of benzene rings is 1. The molecule has 1 aromatic carbocycles. The van der Waals surface area contributed by atoms with Gasteiger partial charge in [0.25, 0.3) is 11.8 Å². The second kappa shape index (κ2) is 4.48. The Morgan fingerprint density at radius 2 is 1.68 bits per heavy atom. The van der Waals surface area contributed by atoms with Gasteiger partial charge in [0.05, 0.1) is 17.2 Å². The summed E-state index contributed by atoms with van der Waals surface area (Å²) < 4.78 is 0. The molecular formula is C15H11NO2S. The maximum absolute atomic E-state index is 12.4. The molecule has 1 unspecified atom stereocenters. The lowest BCUT2D eigenvalue weighted by Gasteiger charge is -2.22. The molecule has 3 rings (SSSR count). The van der Waals surface area contributed by atoms with Crippen molar-refractivity contribution in [1.82, 2.24) is 4.90 Å². The molecule has 1 aliphatic rings. The van der Waals surface area contributed by atoms with Crippen molar-refractivity contribution in [3.63, 3.8) is 0 Å². The van der Waals surface area contributed by atoms with Gasteiger partial charge in [0, 0.05) is 4.88 Å². The lowest BCUT2D eigenvalue weighted by molar-refractivity contribution is 0.0616. The van der Waals surface area contributed by atoms with Gasteiger partial charge >= 0.3 is 0 Å². The van der Waals surface area contributed by atoms with Gasteiger partial charge in [0.15, 0.2) is 0 Å². The monoisotopic (exact) mass is 269 g/mol. The average molecular weight is 269 g/mol. The van der Waals surface area contributed by atoms with Crippen LogP contribution in [0.1, 0.15) is 31.6 Å². The molecule has 0 radical (unpaired) electrons. The number of thiophene rings is 1. The Balaban J connectivity index is 2.06. The molecular weight excluding hydrogens is 258 g/mol. The van der Waals surface area contributed by atoms with E-state index in [4.69, 9.17) is 0 Å². The molecule has 0 N–H and O–H groups in total. The summed E-state index contributed by atoms with van der Waals surface area (Å²) in [6.45, 7) is 3.75. The van der Waals surface area contributed by atoms with Crippen molar-refractivity contribution in [1.29, 1.82) is 0 Å². The number of fused-ring (bicyclic) bond motifs is 1. The lowest BCUT2D eigenvalue weighted by atomic mass is 10.1. The number of nitrogens with zero attached hydrogens (tertiary/aromatic N) is 1. The third-order valence-electron chi connectivity index (χ3n) is 3.16. The number of hydrogen-bond donors (Lipinski definition) is 0. The molecule has 0 bridgehead atoms. The molecule has 94 valence electrons. The molecule has 3 nitrogen and oxygen atoms in total. The van der Waals surface area contributed by atoms with Gasteiger partial charge in [-0.15, -0.1) is 17.9 Å². The molecule has 0 saturated carbocycles. The first-order valence-corrected chi connectivity index (χ1v) is 6.75. The smallest absolute Gasteiger partial charge is 0.262 e.